The number of hydrogen-bond acceptors (Lipinski definition) is 4. The van der Waals surface area contributed by atoms with Crippen LogP contribution in [0.3, 0.4) is 0 Å². The van der Waals surface area contributed by atoms with Crippen molar-refractivity contribution in [1.29, 1.82) is 0 Å². The lowest BCUT2D eigenvalue weighted by molar-refractivity contribution is -0.132. The summed E-state index contributed by atoms with van der Waals surface area (Å²) in [6, 6.07) is 7.36. The van der Waals surface area contributed by atoms with Crippen LogP contribution in [0.4, 0.5) is 0 Å². The fourth-order valence-electron chi connectivity index (χ4n) is 2.59. The summed E-state index contributed by atoms with van der Waals surface area (Å²) in [5.74, 6) is 1.01. The molecule has 0 bridgehead atoms. The average Bonchev–Trinajstić information content (AvgIpc) is 2.82. The molecule has 1 aliphatic heterocycles. The molecule has 1 saturated heterocycles. The topological polar surface area (TPSA) is 54.5 Å². The van der Waals surface area contributed by atoms with Crippen LogP contribution in [-0.4, -0.2) is 49.1 Å². The Hall–Kier alpha value is -0.720. The number of rotatable bonds is 6. The summed E-state index contributed by atoms with van der Waals surface area (Å²) in [5, 5.41) is 0.694. The van der Waals surface area contributed by atoms with Crippen molar-refractivity contribution in [3.05, 3.63) is 29.3 Å². The van der Waals surface area contributed by atoms with Gasteiger partial charge in [-0.15, -0.1) is 11.8 Å². The van der Waals surface area contributed by atoms with Gasteiger partial charge in [-0.05, 0) is 37.6 Å². The van der Waals surface area contributed by atoms with Crippen molar-refractivity contribution in [2.24, 2.45) is 0 Å². The van der Waals surface area contributed by atoms with Crippen LogP contribution in [0.5, 0.6) is 0 Å². The van der Waals surface area contributed by atoms with Crippen LogP contribution in [0.15, 0.2) is 29.2 Å². The maximum Gasteiger partial charge on any atom is 0.223 e. The second kappa shape index (κ2) is 7.70. The molecule has 22 heavy (non-hydrogen) atoms. The Morgan fingerprint density at radius 3 is 2.59 bits per heavy atom. The first-order valence-corrected chi connectivity index (χ1v) is 10.5. The fraction of sp³-hybridized carbons (Fsp3) is 0.533. The summed E-state index contributed by atoms with van der Waals surface area (Å²) >= 11 is 7.44. The van der Waals surface area contributed by atoms with Gasteiger partial charge in [-0.2, -0.15) is 0 Å². The van der Waals surface area contributed by atoms with Crippen LogP contribution in [0, 0.1) is 0 Å². The van der Waals surface area contributed by atoms with Gasteiger partial charge < -0.3 is 4.90 Å². The third-order valence-electron chi connectivity index (χ3n) is 3.71. The fourth-order valence-corrected chi connectivity index (χ4v) is 5.29. The van der Waals surface area contributed by atoms with Gasteiger partial charge >= 0.3 is 0 Å². The highest BCUT2D eigenvalue weighted by Gasteiger charge is 2.33. The maximum atomic E-state index is 12.3. The normalized spacial score (nSPS) is 20.0. The van der Waals surface area contributed by atoms with Crippen LogP contribution in [0.2, 0.25) is 5.02 Å². The van der Waals surface area contributed by atoms with Crippen molar-refractivity contribution in [3.63, 3.8) is 0 Å². The number of hydrogen-bond donors (Lipinski definition) is 0. The molecular formula is C15H20ClNO3S2. The molecule has 1 atom stereocenters. The highest BCUT2D eigenvalue weighted by atomic mass is 35.5. The number of carbonyl (C=O) groups excluding carboxylic acids is 1. The quantitative estimate of drug-likeness (QED) is 0.731. The van der Waals surface area contributed by atoms with Crippen LogP contribution in [-0.2, 0) is 14.6 Å². The molecular weight excluding hydrogens is 342 g/mol. The van der Waals surface area contributed by atoms with E-state index >= 15 is 0 Å². The largest absolute Gasteiger partial charge is 0.339 e. The summed E-state index contributed by atoms with van der Waals surface area (Å²) in [4.78, 5) is 15.1. The first-order chi connectivity index (χ1) is 10.4. The summed E-state index contributed by atoms with van der Waals surface area (Å²) in [6.07, 6.45) is 0.976. The molecule has 0 saturated carbocycles. The lowest BCUT2D eigenvalue weighted by atomic mass is 10.2. The Bertz CT molecular complexity index is 616. The van der Waals surface area contributed by atoms with Gasteiger partial charge in [-0.25, -0.2) is 8.42 Å². The SMILES string of the molecule is CCN(C(=O)CCSc1ccc(Cl)cc1)C1CCS(=O)(=O)C1. The van der Waals surface area contributed by atoms with Gasteiger partial charge in [0.15, 0.2) is 9.84 Å². The molecule has 1 aromatic rings. The molecule has 122 valence electrons. The molecule has 0 radical (unpaired) electrons. The number of nitrogens with zero attached hydrogens (tertiary/aromatic N) is 1. The summed E-state index contributed by atoms with van der Waals surface area (Å²) in [5.41, 5.74) is 0. The molecule has 1 amide bonds. The van der Waals surface area contributed by atoms with Crippen LogP contribution < -0.4 is 0 Å². The van der Waals surface area contributed by atoms with E-state index in [1.54, 1.807) is 16.7 Å². The zero-order chi connectivity index (χ0) is 16.2. The molecule has 0 aromatic heterocycles. The summed E-state index contributed by atoms with van der Waals surface area (Å²) < 4.78 is 23.1. The Labute approximate surface area is 141 Å². The third kappa shape index (κ3) is 4.89. The van der Waals surface area contributed by atoms with E-state index in [1.807, 2.05) is 31.2 Å². The number of halogens is 1. The molecule has 0 spiro atoms. The molecule has 1 fully saturated rings. The number of sulfone groups is 1. The van der Waals surface area contributed by atoms with E-state index in [9.17, 15) is 13.2 Å². The zero-order valence-corrected chi connectivity index (χ0v) is 14.9. The van der Waals surface area contributed by atoms with Gasteiger partial charge in [0.1, 0.15) is 0 Å². The van der Waals surface area contributed by atoms with Crippen LogP contribution in [0.1, 0.15) is 19.8 Å². The lowest BCUT2D eigenvalue weighted by Crippen LogP contribution is -2.41. The first kappa shape index (κ1) is 17.6. The zero-order valence-electron chi connectivity index (χ0n) is 12.5. The average molecular weight is 362 g/mol. The Kier molecular flexibility index (Phi) is 6.17. The third-order valence-corrected chi connectivity index (χ3v) is 6.72. The van der Waals surface area contributed by atoms with Gasteiger partial charge in [-0.3, -0.25) is 4.79 Å². The van der Waals surface area contributed by atoms with Crippen LogP contribution >= 0.6 is 23.4 Å². The molecule has 0 N–H and O–H groups in total. The molecule has 4 nitrogen and oxygen atoms in total. The molecule has 2 rings (SSSR count). The molecule has 0 aliphatic carbocycles. The molecule has 1 heterocycles. The van der Waals surface area contributed by atoms with Crippen molar-refractivity contribution in [3.8, 4) is 0 Å². The van der Waals surface area contributed by atoms with Crippen molar-refractivity contribution in [2.75, 3.05) is 23.8 Å². The minimum Gasteiger partial charge on any atom is -0.339 e. The molecule has 1 aromatic carbocycles. The van der Waals surface area contributed by atoms with E-state index in [0.717, 1.165) is 4.90 Å². The summed E-state index contributed by atoms with van der Waals surface area (Å²) in [7, 11) is -2.96. The Balaban J connectivity index is 1.83. The molecule has 7 heteroatoms. The molecule has 1 unspecified atom stereocenters. The van der Waals surface area contributed by atoms with Crippen molar-refractivity contribution < 1.29 is 13.2 Å². The first-order valence-electron chi connectivity index (χ1n) is 7.29. The van der Waals surface area contributed by atoms with Gasteiger partial charge in [-0.1, -0.05) is 11.6 Å². The van der Waals surface area contributed by atoms with E-state index in [4.69, 9.17) is 11.6 Å². The Morgan fingerprint density at radius 1 is 1.36 bits per heavy atom. The van der Waals surface area contributed by atoms with Gasteiger partial charge in [0.25, 0.3) is 0 Å². The number of carbonyl (C=O) groups is 1. The van der Waals surface area contributed by atoms with E-state index in [-0.39, 0.29) is 23.5 Å². The van der Waals surface area contributed by atoms with Crippen LogP contribution in [0.25, 0.3) is 0 Å². The lowest BCUT2D eigenvalue weighted by Gasteiger charge is -2.26. The minimum absolute atomic E-state index is 0.0334. The highest BCUT2D eigenvalue weighted by molar-refractivity contribution is 7.99. The second-order valence-electron chi connectivity index (χ2n) is 5.29. The van der Waals surface area contributed by atoms with Gasteiger partial charge in [0.2, 0.25) is 5.91 Å². The van der Waals surface area contributed by atoms with Gasteiger partial charge in [0.05, 0.1) is 11.5 Å². The predicted molar refractivity (Wildman–Crippen MR) is 91.2 cm³/mol. The van der Waals surface area contributed by atoms with E-state index in [0.29, 0.717) is 30.2 Å². The van der Waals surface area contributed by atoms with E-state index in [1.165, 1.54) is 0 Å². The highest BCUT2D eigenvalue weighted by Crippen LogP contribution is 2.23. The van der Waals surface area contributed by atoms with Crippen molar-refractivity contribution in [1.82, 2.24) is 4.90 Å². The standard InChI is InChI=1S/C15H20ClNO3S2/c1-2-17(13-8-10-22(19,20)11-13)15(18)7-9-21-14-5-3-12(16)4-6-14/h3-6,13H,2,7-11H2,1H3. The van der Waals surface area contributed by atoms with E-state index < -0.39 is 9.84 Å². The van der Waals surface area contributed by atoms with Gasteiger partial charge in [0, 0.05) is 34.7 Å². The summed E-state index contributed by atoms with van der Waals surface area (Å²) in [6.45, 7) is 2.46. The monoisotopic (exact) mass is 361 g/mol. The second-order valence-corrected chi connectivity index (χ2v) is 9.12. The number of thioether (sulfide) groups is 1. The molecule has 1 aliphatic rings. The predicted octanol–water partition coefficient (Wildman–Crippen LogP) is 2.86. The number of benzene rings is 1. The smallest absolute Gasteiger partial charge is 0.223 e. The maximum absolute atomic E-state index is 12.3. The van der Waals surface area contributed by atoms with Crippen molar-refractivity contribution >= 4 is 39.1 Å². The number of amides is 1. The Morgan fingerprint density at radius 2 is 2.05 bits per heavy atom. The minimum atomic E-state index is -2.96. The van der Waals surface area contributed by atoms with Crippen molar-refractivity contribution in [2.45, 2.75) is 30.7 Å². The van der Waals surface area contributed by atoms with E-state index in [2.05, 4.69) is 0 Å².